The maximum atomic E-state index is 5.24. The average molecular weight is 248 g/mol. The summed E-state index contributed by atoms with van der Waals surface area (Å²) >= 11 is 4.05. The first-order chi connectivity index (χ1) is 8.24. The predicted molar refractivity (Wildman–Crippen MR) is 67.8 cm³/mol. The van der Waals surface area contributed by atoms with Crippen LogP contribution in [0.15, 0.2) is 35.7 Å². The summed E-state index contributed by atoms with van der Waals surface area (Å²) in [6, 6.07) is 5.66. The van der Waals surface area contributed by atoms with Crippen molar-refractivity contribution in [3.63, 3.8) is 0 Å². The van der Waals surface area contributed by atoms with Crippen LogP contribution in [0.5, 0.6) is 11.5 Å². The van der Waals surface area contributed by atoms with Crippen molar-refractivity contribution < 1.29 is 9.47 Å². The molecule has 1 aromatic heterocycles. The molecule has 0 saturated carbocycles. The number of rotatable bonds is 3. The van der Waals surface area contributed by atoms with Crippen LogP contribution < -0.4 is 9.47 Å². The third kappa shape index (κ3) is 2.50. The first kappa shape index (κ1) is 11.7. The number of hydrogen-bond acceptors (Lipinski definition) is 5. The topological polar surface area (TPSA) is 44.2 Å². The van der Waals surface area contributed by atoms with Crippen molar-refractivity contribution in [2.24, 2.45) is 0 Å². The van der Waals surface area contributed by atoms with Crippen molar-refractivity contribution in [2.75, 3.05) is 14.2 Å². The van der Waals surface area contributed by atoms with E-state index < -0.39 is 0 Å². The van der Waals surface area contributed by atoms with Crippen LogP contribution in [0, 0.1) is 0 Å². The first-order valence-corrected chi connectivity index (χ1v) is 5.42. The molecule has 0 spiro atoms. The first-order valence-electron chi connectivity index (χ1n) is 4.98. The fourth-order valence-corrected chi connectivity index (χ4v) is 1.60. The summed E-state index contributed by atoms with van der Waals surface area (Å²) in [5.41, 5.74) is 1.87. The highest BCUT2D eigenvalue weighted by molar-refractivity contribution is 7.80. The van der Waals surface area contributed by atoms with Crippen LogP contribution in [0.2, 0.25) is 0 Å². The summed E-state index contributed by atoms with van der Waals surface area (Å²) in [6.45, 7) is 0. The van der Waals surface area contributed by atoms with E-state index in [1.807, 2.05) is 18.2 Å². The van der Waals surface area contributed by atoms with Gasteiger partial charge in [-0.25, -0.2) is 9.97 Å². The molecule has 0 N–H and O–H groups in total. The van der Waals surface area contributed by atoms with E-state index in [0.29, 0.717) is 16.7 Å². The molecule has 0 bridgehead atoms. The van der Waals surface area contributed by atoms with Gasteiger partial charge in [-0.05, 0) is 17.7 Å². The molecule has 0 aliphatic heterocycles. The molecule has 1 aromatic carbocycles. The largest absolute Gasteiger partial charge is 0.493 e. The minimum Gasteiger partial charge on any atom is -0.493 e. The van der Waals surface area contributed by atoms with Crippen molar-refractivity contribution >= 4 is 12.6 Å². The monoisotopic (exact) mass is 248 g/mol. The predicted octanol–water partition coefficient (Wildman–Crippen LogP) is 2.45. The van der Waals surface area contributed by atoms with E-state index in [9.17, 15) is 0 Å². The van der Waals surface area contributed by atoms with Crippen LogP contribution in [0.4, 0.5) is 0 Å². The summed E-state index contributed by atoms with van der Waals surface area (Å²) in [4.78, 5) is 8.07. The van der Waals surface area contributed by atoms with Gasteiger partial charge in [-0.15, -0.1) is 12.6 Å². The van der Waals surface area contributed by atoms with Crippen molar-refractivity contribution in [3.05, 3.63) is 30.6 Å². The number of methoxy groups -OCH3 is 2. The molecule has 5 heteroatoms. The summed E-state index contributed by atoms with van der Waals surface area (Å²) in [5, 5.41) is 0.453. The van der Waals surface area contributed by atoms with E-state index in [1.54, 1.807) is 26.6 Å². The van der Waals surface area contributed by atoms with Crippen molar-refractivity contribution in [1.82, 2.24) is 9.97 Å². The lowest BCUT2D eigenvalue weighted by Crippen LogP contribution is -1.91. The maximum Gasteiger partial charge on any atom is 0.184 e. The fraction of sp³-hybridized carbons (Fsp3) is 0.167. The molecule has 2 aromatic rings. The molecule has 0 fully saturated rings. The van der Waals surface area contributed by atoms with Gasteiger partial charge in [0.15, 0.2) is 16.7 Å². The Morgan fingerprint density at radius 3 is 2.18 bits per heavy atom. The normalized spacial score (nSPS) is 10.1. The second kappa shape index (κ2) is 5.05. The van der Waals surface area contributed by atoms with Crippen LogP contribution in [-0.2, 0) is 0 Å². The Hall–Kier alpha value is -1.75. The second-order valence-electron chi connectivity index (χ2n) is 3.34. The van der Waals surface area contributed by atoms with E-state index in [0.717, 1.165) is 11.1 Å². The Morgan fingerprint density at radius 2 is 1.59 bits per heavy atom. The van der Waals surface area contributed by atoms with E-state index in [-0.39, 0.29) is 0 Å². The molecule has 1 heterocycles. The number of hydrogen-bond donors (Lipinski definition) is 1. The molecule has 88 valence electrons. The number of aromatic nitrogens is 2. The van der Waals surface area contributed by atoms with Crippen molar-refractivity contribution in [1.29, 1.82) is 0 Å². The molecular weight excluding hydrogens is 236 g/mol. The zero-order valence-electron chi connectivity index (χ0n) is 9.54. The Bertz CT molecular complexity index is 514. The van der Waals surface area contributed by atoms with Gasteiger partial charge in [-0.1, -0.05) is 6.07 Å². The quantitative estimate of drug-likeness (QED) is 0.669. The highest BCUT2D eigenvalue weighted by Crippen LogP contribution is 2.31. The van der Waals surface area contributed by atoms with Gasteiger partial charge in [0.25, 0.3) is 0 Å². The molecular formula is C12H12N2O2S. The lowest BCUT2D eigenvalue weighted by Gasteiger charge is -2.09. The molecule has 0 unspecified atom stereocenters. The highest BCUT2D eigenvalue weighted by atomic mass is 32.1. The summed E-state index contributed by atoms with van der Waals surface area (Å²) < 4.78 is 10.4. The maximum absolute atomic E-state index is 5.24. The Kier molecular flexibility index (Phi) is 3.49. The molecule has 0 amide bonds. The van der Waals surface area contributed by atoms with E-state index in [2.05, 4.69) is 22.6 Å². The van der Waals surface area contributed by atoms with Crippen molar-refractivity contribution in [3.8, 4) is 22.6 Å². The molecule has 0 atom stereocenters. The van der Waals surface area contributed by atoms with Crippen LogP contribution in [-0.4, -0.2) is 24.2 Å². The van der Waals surface area contributed by atoms with Gasteiger partial charge in [0.1, 0.15) is 0 Å². The molecule has 0 radical (unpaired) electrons. The van der Waals surface area contributed by atoms with Gasteiger partial charge in [-0.2, -0.15) is 0 Å². The summed E-state index contributed by atoms with van der Waals surface area (Å²) in [7, 11) is 3.21. The zero-order chi connectivity index (χ0) is 12.3. The third-order valence-corrected chi connectivity index (χ3v) is 2.59. The average Bonchev–Trinajstić information content (AvgIpc) is 2.39. The lowest BCUT2D eigenvalue weighted by molar-refractivity contribution is 0.355. The van der Waals surface area contributed by atoms with Gasteiger partial charge in [0.05, 0.1) is 14.2 Å². The van der Waals surface area contributed by atoms with Crippen LogP contribution in [0.1, 0.15) is 0 Å². The van der Waals surface area contributed by atoms with Gasteiger partial charge >= 0.3 is 0 Å². The van der Waals surface area contributed by atoms with E-state index in [4.69, 9.17) is 9.47 Å². The Labute approximate surface area is 105 Å². The fourth-order valence-electron chi connectivity index (χ4n) is 1.49. The number of thiol groups is 1. The zero-order valence-corrected chi connectivity index (χ0v) is 10.4. The SMILES string of the molecule is COc1ccc(-c2cnc(S)nc2)cc1OC. The number of nitrogens with zero attached hydrogens (tertiary/aromatic N) is 2. The summed E-state index contributed by atoms with van der Waals surface area (Å²) in [5.74, 6) is 1.38. The van der Waals surface area contributed by atoms with Crippen LogP contribution >= 0.6 is 12.6 Å². The molecule has 17 heavy (non-hydrogen) atoms. The number of benzene rings is 1. The summed E-state index contributed by atoms with van der Waals surface area (Å²) in [6.07, 6.45) is 3.44. The third-order valence-electron chi connectivity index (χ3n) is 2.36. The molecule has 2 rings (SSSR count). The van der Waals surface area contributed by atoms with Crippen LogP contribution in [0.3, 0.4) is 0 Å². The van der Waals surface area contributed by atoms with Gasteiger partial charge in [0, 0.05) is 18.0 Å². The van der Waals surface area contributed by atoms with Gasteiger partial charge in [0.2, 0.25) is 0 Å². The second-order valence-corrected chi connectivity index (χ2v) is 3.74. The molecule has 4 nitrogen and oxygen atoms in total. The lowest BCUT2D eigenvalue weighted by atomic mass is 10.1. The standard InChI is InChI=1S/C12H12N2O2S/c1-15-10-4-3-8(5-11(10)16-2)9-6-13-12(17)14-7-9/h3-7H,1-2H3,(H,13,14,17). The Balaban J connectivity index is 2.42. The van der Waals surface area contributed by atoms with E-state index >= 15 is 0 Å². The smallest absolute Gasteiger partial charge is 0.184 e. The number of ether oxygens (including phenoxy) is 2. The van der Waals surface area contributed by atoms with Crippen LogP contribution in [0.25, 0.3) is 11.1 Å². The molecule has 0 aliphatic rings. The highest BCUT2D eigenvalue weighted by Gasteiger charge is 2.06. The van der Waals surface area contributed by atoms with Gasteiger partial charge in [-0.3, -0.25) is 0 Å². The molecule has 0 saturated heterocycles. The minimum atomic E-state index is 0.453. The van der Waals surface area contributed by atoms with E-state index in [1.165, 1.54) is 0 Å². The van der Waals surface area contributed by atoms with Crippen molar-refractivity contribution in [2.45, 2.75) is 5.16 Å². The van der Waals surface area contributed by atoms with Gasteiger partial charge < -0.3 is 9.47 Å². The molecule has 0 aliphatic carbocycles. The Morgan fingerprint density at radius 1 is 0.941 bits per heavy atom. The minimum absolute atomic E-state index is 0.453.